The van der Waals surface area contributed by atoms with Crippen molar-refractivity contribution in [3.63, 3.8) is 0 Å². The molecule has 3 rings (SSSR count). The third-order valence-electron chi connectivity index (χ3n) is 5.45. The number of hydrogen-bond donors (Lipinski definition) is 2. The number of piperazine rings is 1. The summed E-state index contributed by atoms with van der Waals surface area (Å²) in [7, 11) is 0. The molecule has 0 aromatic heterocycles. The monoisotopic (exact) mass is 503 g/mol. The quantitative estimate of drug-likeness (QED) is 0.271. The van der Waals surface area contributed by atoms with Crippen LogP contribution in [-0.4, -0.2) is 56.0 Å². The molecule has 156 valence electrons. The predicted molar refractivity (Wildman–Crippen MR) is 122 cm³/mol. The van der Waals surface area contributed by atoms with Gasteiger partial charge in [0.2, 0.25) is 5.91 Å². The highest BCUT2D eigenvalue weighted by Gasteiger charge is 2.19. The molecule has 1 saturated carbocycles. The van der Waals surface area contributed by atoms with Gasteiger partial charge >= 0.3 is 0 Å². The standard InChI is InChI=1S/C20H30FN5O.HI/c21-17-5-7-18(8-6-17)25-11-13-26(14-12-25)20(22)24-10-9-23-19(27)15-16-3-1-2-4-16;/h5-8,16H,1-4,9-15H2,(H2,22,24)(H,23,27);1H. The predicted octanol–water partition coefficient (Wildman–Crippen LogP) is 2.58. The Morgan fingerprint density at radius 3 is 2.43 bits per heavy atom. The number of nitrogens with two attached hydrogens (primary N) is 1. The first-order chi connectivity index (χ1) is 13.1. The highest BCUT2D eigenvalue weighted by Crippen LogP contribution is 2.27. The molecule has 2 aliphatic rings. The summed E-state index contributed by atoms with van der Waals surface area (Å²) in [6.07, 6.45) is 5.52. The Hall–Kier alpha value is -1.58. The van der Waals surface area contributed by atoms with Crippen LogP contribution in [-0.2, 0) is 4.79 Å². The van der Waals surface area contributed by atoms with Gasteiger partial charge in [0.25, 0.3) is 0 Å². The van der Waals surface area contributed by atoms with E-state index in [1.54, 1.807) is 12.1 Å². The average Bonchev–Trinajstić information content (AvgIpc) is 3.19. The van der Waals surface area contributed by atoms with E-state index in [0.717, 1.165) is 31.9 Å². The molecule has 1 aromatic rings. The number of rotatable bonds is 6. The minimum atomic E-state index is -0.218. The Balaban J connectivity index is 0.00000280. The first kappa shape index (κ1) is 22.7. The summed E-state index contributed by atoms with van der Waals surface area (Å²) >= 11 is 0. The zero-order valence-corrected chi connectivity index (χ0v) is 18.6. The van der Waals surface area contributed by atoms with Crippen LogP contribution in [0.5, 0.6) is 0 Å². The van der Waals surface area contributed by atoms with Crippen LogP contribution >= 0.6 is 24.0 Å². The summed E-state index contributed by atoms with van der Waals surface area (Å²) in [6, 6.07) is 6.57. The van der Waals surface area contributed by atoms with Crippen molar-refractivity contribution in [2.75, 3.05) is 44.2 Å². The smallest absolute Gasteiger partial charge is 0.220 e. The molecule has 0 unspecified atom stereocenters. The van der Waals surface area contributed by atoms with E-state index in [1.807, 2.05) is 0 Å². The lowest BCUT2D eigenvalue weighted by Gasteiger charge is -2.36. The third-order valence-corrected chi connectivity index (χ3v) is 5.45. The van der Waals surface area contributed by atoms with Crippen molar-refractivity contribution in [2.24, 2.45) is 16.6 Å². The summed E-state index contributed by atoms with van der Waals surface area (Å²) in [4.78, 5) is 20.6. The maximum atomic E-state index is 13.0. The molecular weight excluding hydrogens is 472 g/mol. The fourth-order valence-corrected chi connectivity index (χ4v) is 3.86. The van der Waals surface area contributed by atoms with Crippen LogP contribution in [0.1, 0.15) is 32.1 Å². The van der Waals surface area contributed by atoms with Gasteiger partial charge in [0, 0.05) is 44.8 Å². The maximum absolute atomic E-state index is 13.0. The highest BCUT2D eigenvalue weighted by molar-refractivity contribution is 14.0. The number of nitrogens with zero attached hydrogens (tertiary/aromatic N) is 3. The first-order valence-electron chi connectivity index (χ1n) is 9.94. The zero-order valence-electron chi connectivity index (χ0n) is 16.3. The van der Waals surface area contributed by atoms with Crippen LogP contribution in [0.3, 0.4) is 0 Å². The van der Waals surface area contributed by atoms with Gasteiger partial charge in [-0.2, -0.15) is 0 Å². The molecule has 0 bridgehead atoms. The van der Waals surface area contributed by atoms with Gasteiger partial charge < -0.3 is 20.9 Å². The lowest BCUT2D eigenvalue weighted by atomic mass is 10.0. The van der Waals surface area contributed by atoms with Crippen LogP contribution < -0.4 is 16.0 Å². The number of amides is 1. The van der Waals surface area contributed by atoms with Crippen molar-refractivity contribution >= 4 is 41.5 Å². The van der Waals surface area contributed by atoms with Crippen molar-refractivity contribution in [1.82, 2.24) is 10.2 Å². The summed E-state index contributed by atoms with van der Waals surface area (Å²) in [5.41, 5.74) is 7.12. The number of aliphatic imine (C=N–C) groups is 1. The number of anilines is 1. The van der Waals surface area contributed by atoms with E-state index in [9.17, 15) is 9.18 Å². The van der Waals surface area contributed by atoms with Gasteiger partial charge in [-0.1, -0.05) is 12.8 Å². The van der Waals surface area contributed by atoms with Crippen LogP contribution in [0.15, 0.2) is 29.3 Å². The number of carbonyl (C=O) groups excluding carboxylic acids is 1. The molecule has 1 aliphatic carbocycles. The Morgan fingerprint density at radius 1 is 1.14 bits per heavy atom. The second kappa shape index (κ2) is 11.4. The van der Waals surface area contributed by atoms with Crippen molar-refractivity contribution < 1.29 is 9.18 Å². The molecule has 1 aromatic carbocycles. The summed E-state index contributed by atoms with van der Waals surface area (Å²) in [5.74, 6) is 1.00. The van der Waals surface area contributed by atoms with Crippen molar-refractivity contribution in [2.45, 2.75) is 32.1 Å². The molecule has 28 heavy (non-hydrogen) atoms. The lowest BCUT2D eigenvalue weighted by molar-refractivity contribution is -0.121. The zero-order chi connectivity index (χ0) is 19.1. The molecule has 8 heteroatoms. The number of benzene rings is 1. The molecule has 1 heterocycles. The van der Waals surface area contributed by atoms with E-state index < -0.39 is 0 Å². The van der Waals surface area contributed by atoms with Gasteiger partial charge in [-0.05, 0) is 43.0 Å². The second-order valence-electron chi connectivity index (χ2n) is 7.39. The van der Waals surface area contributed by atoms with E-state index >= 15 is 0 Å². The van der Waals surface area contributed by atoms with E-state index in [1.165, 1.54) is 37.8 Å². The van der Waals surface area contributed by atoms with E-state index in [4.69, 9.17) is 5.73 Å². The average molecular weight is 503 g/mol. The van der Waals surface area contributed by atoms with Crippen LogP contribution in [0.4, 0.5) is 10.1 Å². The SMILES string of the molecule is I.NC(=NCCNC(=O)CC1CCCC1)N1CCN(c2ccc(F)cc2)CC1. The maximum Gasteiger partial charge on any atom is 0.220 e. The van der Waals surface area contributed by atoms with Crippen molar-refractivity contribution in [3.8, 4) is 0 Å². The van der Waals surface area contributed by atoms with Gasteiger partial charge in [0.1, 0.15) is 5.82 Å². The molecule has 2 fully saturated rings. The largest absolute Gasteiger partial charge is 0.370 e. The fraction of sp³-hybridized carbons (Fsp3) is 0.600. The van der Waals surface area contributed by atoms with E-state index in [2.05, 4.69) is 20.1 Å². The number of hydrogen-bond acceptors (Lipinski definition) is 3. The van der Waals surface area contributed by atoms with E-state index in [0.29, 0.717) is 31.4 Å². The highest BCUT2D eigenvalue weighted by atomic mass is 127. The number of carbonyl (C=O) groups is 1. The fourth-order valence-electron chi connectivity index (χ4n) is 3.86. The molecule has 6 nitrogen and oxygen atoms in total. The third kappa shape index (κ3) is 6.79. The molecule has 0 atom stereocenters. The summed E-state index contributed by atoms with van der Waals surface area (Å²) in [5, 5.41) is 2.94. The van der Waals surface area contributed by atoms with Gasteiger partial charge in [0.05, 0.1) is 6.54 Å². The molecule has 1 aliphatic heterocycles. The Labute approximate surface area is 183 Å². The van der Waals surface area contributed by atoms with Crippen molar-refractivity contribution in [1.29, 1.82) is 0 Å². The number of nitrogens with one attached hydrogen (secondary N) is 1. The lowest BCUT2D eigenvalue weighted by Crippen LogP contribution is -2.51. The van der Waals surface area contributed by atoms with Crippen LogP contribution in [0.25, 0.3) is 0 Å². The minimum absolute atomic E-state index is 0. The Morgan fingerprint density at radius 2 is 1.79 bits per heavy atom. The van der Waals surface area contributed by atoms with Gasteiger partial charge in [-0.15, -0.1) is 24.0 Å². The number of guanidine groups is 1. The summed E-state index contributed by atoms with van der Waals surface area (Å²) in [6.45, 7) is 4.23. The Bertz CT molecular complexity index is 641. The summed E-state index contributed by atoms with van der Waals surface area (Å²) < 4.78 is 13.0. The Kier molecular flexibility index (Phi) is 9.27. The van der Waals surface area contributed by atoms with Gasteiger partial charge in [0.15, 0.2) is 5.96 Å². The normalized spacial score (nSPS) is 18.1. The molecular formula is C20H31FIN5O. The molecule has 3 N–H and O–H groups in total. The topological polar surface area (TPSA) is 74.0 Å². The molecule has 1 saturated heterocycles. The van der Waals surface area contributed by atoms with Crippen LogP contribution in [0.2, 0.25) is 0 Å². The molecule has 0 radical (unpaired) electrons. The first-order valence-corrected chi connectivity index (χ1v) is 9.94. The number of halogens is 2. The van der Waals surface area contributed by atoms with Gasteiger partial charge in [-0.3, -0.25) is 9.79 Å². The van der Waals surface area contributed by atoms with Crippen molar-refractivity contribution in [3.05, 3.63) is 30.1 Å². The molecule has 0 spiro atoms. The molecule has 1 amide bonds. The van der Waals surface area contributed by atoms with E-state index in [-0.39, 0.29) is 35.7 Å². The van der Waals surface area contributed by atoms with Crippen LogP contribution in [0, 0.1) is 11.7 Å². The van der Waals surface area contributed by atoms with Gasteiger partial charge in [-0.25, -0.2) is 4.39 Å². The minimum Gasteiger partial charge on any atom is -0.370 e. The second-order valence-corrected chi connectivity index (χ2v) is 7.39.